The number of aromatic amines is 1. The molecule has 1 unspecified atom stereocenters. The minimum Gasteiger partial charge on any atom is -0.394 e. The fraction of sp³-hybridized carbons (Fsp3) is 0.231. The van der Waals surface area contributed by atoms with Crippen molar-refractivity contribution in [3.05, 3.63) is 47.8 Å². The molecule has 2 N–H and O–H groups in total. The summed E-state index contributed by atoms with van der Waals surface area (Å²) in [5.74, 6) is 0. The lowest BCUT2D eigenvalue weighted by atomic mass is 10.1. The van der Waals surface area contributed by atoms with E-state index in [1.807, 2.05) is 19.3 Å². The van der Waals surface area contributed by atoms with Crippen LogP contribution in [-0.2, 0) is 6.42 Å². The molecule has 1 aliphatic rings. The van der Waals surface area contributed by atoms with Crippen molar-refractivity contribution < 1.29 is 0 Å². The molecule has 0 bridgehead atoms. The Kier molecular flexibility index (Phi) is 3.31. The molecular formula is C13H17N2P. The molecule has 2 nitrogen and oxygen atoms in total. The minimum atomic E-state index is 0.825. The first-order valence-corrected chi connectivity index (χ1v) is 6.89. The average molecular weight is 232 g/mol. The normalized spacial score (nSPS) is 15.4. The molecule has 84 valence electrons. The van der Waals surface area contributed by atoms with Gasteiger partial charge in [0.15, 0.2) is 0 Å². The number of H-pyrrole nitrogens is 1. The summed E-state index contributed by atoms with van der Waals surface area (Å²) in [6.45, 7) is 6.08. The number of hydrogen-bond acceptors (Lipinski definition) is 1. The van der Waals surface area contributed by atoms with E-state index < -0.39 is 0 Å². The molecule has 16 heavy (non-hydrogen) atoms. The van der Waals surface area contributed by atoms with E-state index in [1.165, 1.54) is 27.8 Å². The highest BCUT2D eigenvalue weighted by Crippen LogP contribution is 2.33. The van der Waals surface area contributed by atoms with Crippen molar-refractivity contribution in [3.63, 3.8) is 0 Å². The first-order valence-electron chi connectivity index (χ1n) is 5.39. The van der Waals surface area contributed by atoms with Gasteiger partial charge in [-0.25, -0.2) is 0 Å². The highest BCUT2D eigenvalue weighted by Gasteiger charge is 2.20. The smallest absolute Gasteiger partial charge is 0.0358 e. The van der Waals surface area contributed by atoms with Crippen LogP contribution >= 0.6 is 8.58 Å². The van der Waals surface area contributed by atoms with Crippen molar-refractivity contribution in [2.75, 3.05) is 13.7 Å². The highest BCUT2D eigenvalue weighted by atomic mass is 31.1. The standard InChI is InChI=1S/C13H17N2P/c1-4-9-7-12-11(8-13(15-12)16-3)10(9)5-6-14-2/h4-6,8,14-16H,1,7H2,2-3H3/b6-5-. The van der Waals surface area contributed by atoms with E-state index in [0.717, 1.165) is 15.0 Å². The first kappa shape index (κ1) is 11.2. The van der Waals surface area contributed by atoms with Crippen molar-refractivity contribution in [2.45, 2.75) is 6.42 Å². The Bertz CT molecular complexity index is 466. The van der Waals surface area contributed by atoms with Crippen LogP contribution in [0.4, 0.5) is 0 Å². The SMILES string of the molecule is C=CC1=C(/C=C\NC)c2cc(PC)[nH]c2C1. The summed E-state index contributed by atoms with van der Waals surface area (Å²) in [6.07, 6.45) is 7.03. The van der Waals surface area contributed by atoms with Crippen molar-refractivity contribution >= 4 is 19.6 Å². The maximum absolute atomic E-state index is 3.88. The van der Waals surface area contributed by atoms with Crippen LogP contribution in [0.1, 0.15) is 11.3 Å². The van der Waals surface area contributed by atoms with Crippen LogP contribution in [0.2, 0.25) is 0 Å². The minimum absolute atomic E-state index is 0.825. The number of rotatable bonds is 4. The summed E-state index contributed by atoms with van der Waals surface area (Å²) in [6, 6.07) is 2.26. The molecular weight excluding hydrogens is 215 g/mol. The van der Waals surface area contributed by atoms with Gasteiger partial charge in [-0.15, -0.1) is 0 Å². The Morgan fingerprint density at radius 3 is 3.00 bits per heavy atom. The third-order valence-electron chi connectivity index (χ3n) is 2.84. The Labute approximate surface area is 98.3 Å². The second kappa shape index (κ2) is 4.71. The summed E-state index contributed by atoms with van der Waals surface area (Å²) >= 11 is 0. The zero-order chi connectivity index (χ0) is 11.5. The van der Waals surface area contributed by atoms with Gasteiger partial charge in [-0.05, 0) is 36.2 Å². The third kappa shape index (κ3) is 1.85. The fourth-order valence-corrected chi connectivity index (χ4v) is 2.58. The Balaban J connectivity index is 2.42. The van der Waals surface area contributed by atoms with Gasteiger partial charge in [-0.1, -0.05) is 21.2 Å². The van der Waals surface area contributed by atoms with E-state index in [1.54, 1.807) is 0 Å². The molecule has 2 rings (SSSR count). The number of nitrogens with one attached hydrogen (secondary N) is 2. The van der Waals surface area contributed by atoms with E-state index >= 15 is 0 Å². The van der Waals surface area contributed by atoms with Crippen LogP contribution < -0.4 is 10.8 Å². The molecule has 3 heteroatoms. The molecule has 0 aromatic carbocycles. The fourth-order valence-electron chi connectivity index (χ4n) is 2.02. The van der Waals surface area contributed by atoms with Gasteiger partial charge in [0.05, 0.1) is 0 Å². The third-order valence-corrected chi connectivity index (χ3v) is 3.64. The van der Waals surface area contributed by atoms with Crippen LogP contribution in [-0.4, -0.2) is 18.7 Å². The molecule has 1 aliphatic carbocycles. The van der Waals surface area contributed by atoms with Crippen LogP contribution in [0.15, 0.2) is 36.6 Å². The number of aromatic nitrogens is 1. The molecule has 0 spiro atoms. The zero-order valence-corrected chi connectivity index (χ0v) is 10.7. The second-order valence-electron chi connectivity index (χ2n) is 3.77. The zero-order valence-electron chi connectivity index (χ0n) is 9.72. The Morgan fingerprint density at radius 2 is 2.38 bits per heavy atom. The molecule has 0 radical (unpaired) electrons. The highest BCUT2D eigenvalue weighted by molar-refractivity contribution is 7.45. The van der Waals surface area contributed by atoms with Crippen molar-refractivity contribution in [2.24, 2.45) is 0 Å². The van der Waals surface area contributed by atoms with E-state index in [9.17, 15) is 0 Å². The maximum atomic E-state index is 3.88. The molecule has 0 fully saturated rings. The summed E-state index contributed by atoms with van der Waals surface area (Å²) in [5.41, 5.74) is 6.60. The largest absolute Gasteiger partial charge is 0.394 e. The quantitative estimate of drug-likeness (QED) is 0.765. The van der Waals surface area contributed by atoms with E-state index in [2.05, 4.69) is 35.7 Å². The molecule has 1 heterocycles. The molecule has 0 saturated heterocycles. The Morgan fingerprint density at radius 1 is 1.56 bits per heavy atom. The van der Waals surface area contributed by atoms with Crippen LogP contribution in [0, 0.1) is 0 Å². The van der Waals surface area contributed by atoms with Gasteiger partial charge in [-0.3, -0.25) is 0 Å². The van der Waals surface area contributed by atoms with E-state index in [4.69, 9.17) is 0 Å². The monoisotopic (exact) mass is 232 g/mol. The van der Waals surface area contributed by atoms with Crippen molar-refractivity contribution in [1.82, 2.24) is 10.3 Å². The van der Waals surface area contributed by atoms with Gasteiger partial charge in [0, 0.05) is 30.2 Å². The summed E-state index contributed by atoms with van der Waals surface area (Å²) in [5, 5.41) is 3.03. The van der Waals surface area contributed by atoms with Gasteiger partial charge in [-0.2, -0.15) is 0 Å². The van der Waals surface area contributed by atoms with Crippen molar-refractivity contribution in [3.8, 4) is 0 Å². The number of allylic oxidation sites excluding steroid dienone is 4. The summed E-state index contributed by atoms with van der Waals surface area (Å²) in [7, 11) is 2.74. The lowest BCUT2D eigenvalue weighted by molar-refractivity contribution is 1.10. The maximum Gasteiger partial charge on any atom is 0.0358 e. The molecule has 0 saturated carbocycles. The second-order valence-corrected chi connectivity index (χ2v) is 4.81. The van der Waals surface area contributed by atoms with Gasteiger partial charge < -0.3 is 10.3 Å². The van der Waals surface area contributed by atoms with Gasteiger partial charge >= 0.3 is 0 Å². The molecule has 1 aromatic rings. The van der Waals surface area contributed by atoms with Gasteiger partial charge in [0.1, 0.15) is 0 Å². The Hall–Kier alpha value is -1.27. The average Bonchev–Trinajstić information content (AvgIpc) is 2.83. The van der Waals surface area contributed by atoms with Crippen LogP contribution in [0.3, 0.4) is 0 Å². The van der Waals surface area contributed by atoms with Gasteiger partial charge in [0.2, 0.25) is 0 Å². The van der Waals surface area contributed by atoms with E-state index in [0.29, 0.717) is 0 Å². The van der Waals surface area contributed by atoms with Gasteiger partial charge in [0.25, 0.3) is 0 Å². The van der Waals surface area contributed by atoms with Crippen LogP contribution in [0.5, 0.6) is 0 Å². The topological polar surface area (TPSA) is 27.8 Å². The lowest BCUT2D eigenvalue weighted by Crippen LogP contribution is -1.95. The summed E-state index contributed by atoms with van der Waals surface area (Å²) in [4.78, 5) is 3.48. The number of hydrogen-bond donors (Lipinski definition) is 2. The number of fused-ring (bicyclic) bond motifs is 1. The predicted octanol–water partition coefficient (Wildman–Crippen LogP) is 2.18. The molecule has 0 amide bonds. The lowest BCUT2D eigenvalue weighted by Gasteiger charge is -1.98. The van der Waals surface area contributed by atoms with E-state index in [-0.39, 0.29) is 0 Å². The van der Waals surface area contributed by atoms with Crippen molar-refractivity contribution in [1.29, 1.82) is 0 Å². The first-order chi connectivity index (χ1) is 7.80. The molecule has 1 aromatic heterocycles. The summed E-state index contributed by atoms with van der Waals surface area (Å²) < 4.78 is 0. The molecule has 1 atom stereocenters. The predicted molar refractivity (Wildman–Crippen MR) is 73.7 cm³/mol. The molecule has 0 aliphatic heterocycles. The van der Waals surface area contributed by atoms with Crippen LogP contribution in [0.25, 0.3) is 5.57 Å².